The van der Waals surface area contributed by atoms with Crippen molar-refractivity contribution in [3.8, 4) is 0 Å². The first-order chi connectivity index (χ1) is 18.6. The van der Waals surface area contributed by atoms with E-state index >= 15 is 0 Å². The summed E-state index contributed by atoms with van der Waals surface area (Å²) in [5, 5.41) is 31.8. The van der Waals surface area contributed by atoms with E-state index in [-0.39, 0.29) is 23.0 Å². The smallest absolute Gasteiger partial charge is 0.241 e. The summed E-state index contributed by atoms with van der Waals surface area (Å²) >= 11 is 1.24. The molecule has 0 aliphatic carbocycles. The van der Waals surface area contributed by atoms with Crippen molar-refractivity contribution in [2.45, 2.75) is 34.5 Å². The fraction of sp³-hybridized carbons (Fsp3) is 0.375. The molecule has 1 saturated heterocycles. The van der Waals surface area contributed by atoms with Gasteiger partial charge in [0.2, 0.25) is 16.0 Å². The average molecular weight is 576 g/mol. The third-order valence-electron chi connectivity index (χ3n) is 6.46. The number of aliphatic hydroxyl groups is 3. The number of aromatic nitrogens is 4. The second-order valence-corrected chi connectivity index (χ2v) is 12.0. The number of nitrogens with one attached hydrogen (secondary N) is 1. The van der Waals surface area contributed by atoms with E-state index in [9.17, 15) is 23.7 Å². The number of aliphatic hydroxyl groups excluding tert-OH is 3. The van der Waals surface area contributed by atoms with E-state index in [1.165, 1.54) is 22.7 Å². The summed E-state index contributed by atoms with van der Waals surface area (Å²) in [6.45, 7) is -0.358. The molecular formula is C24H29N7O6S2. The number of nitrogens with zero attached hydrogens (tertiary/aromatic N) is 5. The van der Waals surface area contributed by atoms with Crippen LogP contribution in [0.2, 0.25) is 0 Å². The Bertz CT molecular complexity index is 1610. The van der Waals surface area contributed by atoms with Gasteiger partial charge in [0.1, 0.15) is 28.9 Å². The number of imidazole rings is 1. The Morgan fingerprint density at radius 2 is 1.87 bits per heavy atom. The molecule has 0 saturated carbocycles. The molecule has 0 amide bonds. The lowest BCUT2D eigenvalue weighted by atomic mass is 10.1. The van der Waals surface area contributed by atoms with Crippen LogP contribution in [0.1, 0.15) is 6.23 Å². The first-order valence-electron chi connectivity index (χ1n) is 12.1. The Labute approximate surface area is 228 Å². The molecule has 2 aromatic carbocycles. The zero-order valence-corrected chi connectivity index (χ0v) is 22.8. The van der Waals surface area contributed by atoms with Gasteiger partial charge in [-0.2, -0.15) is 4.98 Å². The molecule has 0 spiro atoms. The van der Waals surface area contributed by atoms with Crippen molar-refractivity contribution in [3.63, 3.8) is 0 Å². The average Bonchev–Trinajstić information content (AvgIpc) is 3.45. The van der Waals surface area contributed by atoms with E-state index in [2.05, 4.69) is 19.7 Å². The van der Waals surface area contributed by atoms with Crippen LogP contribution in [-0.2, 0) is 14.8 Å². The highest BCUT2D eigenvalue weighted by Gasteiger charge is 2.44. The predicted molar refractivity (Wildman–Crippen MR) is 147 cm³/mol. The van der Waals surface area contributed by atoms with Crippen molar-refractivity contribution in [3.05, 3.63) is 42.7 Å². The summed E-state index contributed by atoms with van der Waals surface area (Å²) in [5.41, 5.74) is 7.48. The molecular weight excluding hydrogens is 546 g/mol. The number of nitrogen functional groups attached to an aromatic ring is 1. The summed E-state index contributed by atoms with van der Waals surface area (Å²) in [6, 6.07) is 10.7. The van der Waals surface area contributed by atoms with Gasteiger partial charge in [0.05, 0.1) is 17.8 Å². The lowest BCUT2D eigenvalue weighted by Crippen LogP contribution is -2.33. The molecule has 1 fully saturated rings. The van der Waals surface area contributed by atoms with Gasteiger partial charge in [0, 0.05) is 42.9 Å². The molecule has 39 heavy (non-hydrogen) atoms. The second-order valence-electron chi connectivity index (χ2n) is 9.21. The predicted octanol–water partition coefficient (Wildman–Crippen LogP) is 0.310. The molecule has 0 radical (unpaired) electrons. The van der Waals surface area contributed by atoms with E-state index in [4.69, 9.17) is 10.5 Å². The molecule has 6 N–H and O–H groups in total. The summed E-state index contributed by atoms with van der Waals surface area (Å²) in [7, 11) is 0.00435. The van der Waals surface area contributed by atoms with Crippen LogP contribution in [0, 0.1) is 0 Å². The SMILES string of the molecule is CN(C)c1cccc2c(S(=O)(=O)NCCSc3nc(N)nc4c3ncn4[C@@H]3O[C@H](CO)[C@@H](O)[C@H]3O)cccc12. The summed E-state index contributed by atoms with van der Waals surface area (Å²) < 4.78 is 36.0. The number of hydrogen-bond acceptors (Lipinski definition) is 12. The van der Waals surface area contributed by atoms with Gasteiger partial charge >= 0.3 is 0 Å². The Morgan fingerprint density at radius 1 is 1.13 bits per heavy atom. The Hall–Kier alpha value is -3.05. The van der Waals surface area contributed by atoms with Gasteiger partial charge in [-0.05, 0) is 12.1 Å². The number of fused-ring (bicyclic) bond motifs is 2. The summed E-state index contributed by atoms with van der Waals surface area (Å²) in [5.74, 6) is 0.269. The molecule has 2 aromatic heterocycles. The van der Waals surface area contributed by atoms with Gasteiger partial charge in [-0.15, -0.1) is 11.8 Å². The van der Waals surface area contributed by atoms with Gasteiger partial charge in [-0.1, -0.05) is 24.3 Å². The molecule has 0 unspecified atom stereocenters. The van der Waals surface area contributed by atoms with Crippen molar-refractivity contribution in [1.29, 1.82) is 0 Å². The Kier molecular flexibility index (Phi) is 7.65. The van der Waals surface area contributed by atoms with Crippen molar-refractivity contribution in [1.82, 2.24) is 24.2 Å². The van der Waals surface area contributed by atoms with Crippen LogP contribution in [0.4, 0.5) is 11.6 Å². The van der Waals surface area contributed by atoms with Crippen molar-refractivity contribution >= 4 is 55.4 Å². The normalized spacial score (nSPS) is 21.7. The first-order valence-corrected chi connectivity index (χ1v) is 14.5. The van der Waals surface area contributed by atoms with Crippen molar-refractivity contribution in [2.75, 3.05) is 43.6 Å². The second kappa shape index (κ2) is 10.8. The van der Waals surface area contributed by atoms with Crippen LogP contribution in [-0.4, -0.2) is 94.6 Å². The fourth-order valence-corrected chi connectivity index (χ4v) is 6.81. The van der Waals surface area contributed by atoms with Crippen molar-refractivity contribution < 1.29 is 28.5 Å². The fourth-order valence-electron chi connectivity index (χ4n) is 4.59. The lowest BCUT2D eigenvalue weighted by Gasteiger charge is -2.17. The van der Waals surface area contributed by atoms with Crippen LogP contribution in [0.15, 0.2) is 52.6 Å². The minimum absolute atomic E-state index is 0.0495. The number of hydrogen-bond donors (Lipinski definition) is 5. The van der Waals surface area contributed by atoms with Crippen LogP contribution in [0.5, 0.6) is 0 Å². The molecule has 3 heterocycles. The highest BCUT2D eigenvalue weighted by molar-refractivity contribution is 7.99. The zero-order valence-electron chi connectivity index (χ0n) is 21.2. The van der Waals surface area contributed by atoms with Gasteiger partial charge in [0.25, 0.3) is 0 Å². The third-order valence-corrected chi connectivity index (χ3v) is 8.95. The van der Waals surface area contributed by atoms with E-state index in [1.807, 2.05) is 37.2 Å². The van der Waals surface area contributed by atoms with Crippen LogP contribution in [0.3, 0.4) is 0 Å². The molecule has 4 aromatic rings. The third kappa shape index (κ3) is 5.14. The van der Waals surface area contributed by atoms with E-state index < -0.39 is 41.2 Å². The number of nitrogens with two attached hydrogens (primary N) is 1. The van der Waals surface area contributed by atoms with Crippen LogP contribution in [0.25, 0.3) is 21.9 Å². The van der Waals surface area contributed by atoms with Gasteiger partial charge < -0.3 is 30.7 Å². The van der Waals surface area contributed by atoms with E-state index in [0.29, 0.717) is 21.7 Å². The van der Waals surface area contributed by atoms with Gasteiger partial charge in [-0.3, -0.25) is 4.57 Å². The number of sulfonamides is 1. The molecule has 13 nitrogen and oxygen atoms in total. The molecule has 4 atom stereocenters. The topological polar surface area (TPSA) is 189 Å². The quantitative estimate of drug-likeness (QED) is 0.104. The van der Waals surface area contributed by atoms with E-state index in [0.717, 1.165) is 11.1 Å². The number of rotatable bonds is 9. The summed E-state index contributed by atoms with van der Waals surface area (Å²) in [6.07, 6.45) is -3.21. The highest BCUT2D eigenvalue weighted by atomic mass is 32.2. The molecule has 1 aliphatic heterocycles. The maximum absolute atomic E-state index is 13.2. The first kappa shape index (κ1) is 27.5. The molecule has 5 rings (SSSR count). The highest BCUT2D eigenvalue weighted by Crippen LogP contribution is 2.34. The number of anilines is 2. The van der Waals surface area contributed by atoms with E-state index in [1.54, 1.807) is 18.2 Å². The Morgan fingerprint density at radius 3 is 2.59 bits per heavy atom. The maximum Gasteiger partial charge on any atom is 0.241 e. The maximum atomic E-state index is 13.2. The van der Waals surface area contributed by atoms with Gasteiger partial charge in [0.15, 0.2) is 11.9 Å². The molecule has 208 valence electrons. The lowest BCUT2D eigenvalue weighted by molar-refractivity contribution is -0.0511. The van der Waals surface area contributed by atoms with Crippen LogP contribution < -0.4 is 15.4 Å². The minimum Gasteiger partial charge on any atom is -0.394 e. The molecule has 1 aliphatic rings. The number of benzene rings is 2. The van der Waals surface area contributed by atoms with Crippen molar-refractivity contribution in [2.24, 2.45) is 0 Å². The minimum atomic E-state index is -3.81. The molecule has 15 heteroatoms. The van der Waals surface area contributed by atoms with Gasteiger partial charge in [-0.25, -0.2) is 23.1 Å². The largest absolute Gasteiger partial charge is 0.394 e. The molecule has 0 bridgehead atoms. The monoisotopic (exact) mass is 575 g/mol. The standard InChI is InChI=1S/C24H29N7O6S2/c1-30(2)15-7-3-6-14-13(15)5-4-8-17(14)39(35,36)27-9-10-38-22-18-21(28-24(25)29-22)31(12-26-18)23-20(34)19(33)16(11-32)37-23/h3-8,12,16,19-20,23,27,32-34H,9-11H2,1-2H3,(H2,25,28,29)/t16-,19-,20-,23-/m1/s1. The summed E-state index contributed by atoms with van der Waals surface area (Å²) in [4.78, 5) is 14.9. The Balaban J connectivity index is 1.32. The number of ether oxygens (including phenoxy) is 1. The van der Waals surface area contributed by atoms with Crippen LogP contribution >= 0.6 is 11.8 Å². The zero-order chi connectivity index (χ0) is 27.9. The number of thioether (sulfide) groups is 1.